The molecular formula is C28H27ClNO2P. The van der Waals surface area contributed by atoms with Crippen molar-refractivity contribution in [1.82, 2.24) is 5.32 Å². The third-order valence-electron chi connectivity index (χ3n) is 5.70. The molecule has 1 N–H and O–H groups in total. The lowest BCUT2D eigenvalue weighted by Crippen LogP contribution is -2.45. The third kappa shape index (κ3) is 5.13. The Balaban J connectivity index is 1.85. The predicted molar refractivity (Wildman–Crippen MR) is 138 cm³/mol. The van der Waals surface area contributed by atoms with Crippen LogP contribution in [0.4, 0.5) is 0 Å². The van der Waals surface area contributed by atoms with Gasteiger partial charge in [-0.25, -0.2) is 0 Å². The highest BCUT2D eigenvalue weighted by molar-refractivity contribution is 7.66. The minimum absolute atomic E-state index is 0.145. The fourth-order valence-electron chi connectivity index (χ4n) is 4.14. The minimum Gasteiger partial charge on any atom is -0.323 e. The molecule has 0 aromatic heterocycles. The zero-order valence-corrected chi connectivity index (χ0v) is 20.0. The van der Waals surface area contributed by atoms with E-state index in [1.807, 2.05) is 84.9 Å². The lowest BCUT2D eigenvalue weighted by atomic mass is 9.77. The van der Waals surface area contributed by atoms with E-state index in [-0.39, 0.29) is 18.8 Å². The normalized spacial score (nSPS) is 13.4. The van der Waals surface area contributed by atoms with Crippen molar-refractivity contribution in [3.05, 3.63) is 138 Å². The fraction of sp³-hybridized carbons (Fsp3) is 0.143. The van der Waals surface area contributed by atoms with Gasteiger partial charge in [-0.2, -0.15) is 0 Å². The van der Waals surface area contributed by atoms with Crippen LogP contribution in [-0.4, -0.2) is 18.8 Å². The minimum atomic E-state index is -3.24. The maximum atomic E-state index is 14.2. The van der Waals surface area contributed by atoms with E-state index in [0.717, 1.165) is 16.7 Å². The fourth-order valence-corrected chi connectivity index (χ4v) is 6.21. The van der Waals surface area contributed by atoms with Crippen molar-refractivity contribution in [3.8, 4) is 0 Å². The monoisotopic (exact) mass is 475 g/mol. The highest BCUT2D eigenvalue weighted by Crippen LogP contribution is 2.47. The molecule has 0 heterocycles. The van der Waals surface area contributed by atoms with Crippen molar-refractivity contribution in [2.24, 2.45) is 0 Å². The van der Waals surface area contributed by atoms with Gasteiger partial charge in [0.15, 0.2) is 0 Å². The summed E-state index contributed by atoms with van der Waals surface area (Å²) in [6.07, 6.45) is 0.145. The van der Waals surface area contributed by atoms with Crippen LogP contribution < -0.4 is 10.6 Å². The molecule has 0 aliphatic rings. The topological polar surface area (TPSA) is 38.3 Å². The van der Waals surface area contributed by atoms with Crippen LogP contribution in [0.5, 0.6) is 0 Å². The van der Waals surface area contributed by atoms with Crippen molar-refractivity contribution in [2.75, 3.05) is 18.8 Å². The van der Waals surface area contributed by atoms with E-state index in [4.69, 9.17) is 16.1 Å². The Kier molecular flexibility index (Phi) is 7.80. The van der Waals surface area contributed by atoms with Crippen LogP contribution in [0, 0.1) is 0 Å². The first kappa shape index (κ1) is 23.5. The van der Waals surface area contributed by atoms with Crippen LogP contribution >= 0.6 is 19.0 Å². The van der Waals surface area contributed by atoms with E-state index >= 15 is 0 Å². The maximum absolute atomic E-state index is 14.2. The molecule has 0 aliphatic carbocycles. The van der Waals surface area contributed by atoms with E-state index in [0.29, 0.717) is 5.30 Å². The van der Waals surface area contributed by atoms with Crippen LogP contribution in [0.25, 0.3) is 0 Å². The van der Waals surface area contributed by atoms with E-state index < -0.39 is 12.9 Å². The number of alkyl halides is 1. The number of rotatable bonds is 10. The molecule has 1 atom stereocenters. The average Bonchev–Trinajstić information content (AvgIpc) is 2.90. The van der Waals surface area contributed by atoms with Gasteiger partial charge in [0, 0.05) is 11.2 Å². The van der Waals surface area contributed by atoms with E-state index in [2.05, 4.69) is 41.7 Å². The van der Waals surface area contributed by atoms with Gasteiger partial charge < -0.3 is 4.52 Å². The number of hydrogen-bond acceptors (Lipinski definition) is 3. The lowest BCUT2D eigenvalue weighted by Gasteiger charge is -2.38. The van der Waals surface area contributed by atoms with Crippen molar-refractivity contribution in [2.45, 2.75) is 5.54 Å². The van der Waals surface area contributed by atoms with Crippen molar-refractivity contribution in [3.63, 3.8) is 0 Å². The summed E-state index contributed by atoms with van der Waals surface area (Å²) < 4.78 is 20.1. The van der Waals surface area contributed by atoms with Gasteiger partial charge in [-0.1, -0.05) is 109 Å². The first-order valence-electron chi connectivity index (χ1n) is 11.0. The van der Waals surface area contributed by atoms with Gasteiger partial charge in [0.2, 0.25) is 7.37 Å². The van der Waals surface area contributed by atoms with Gasteiger partial charge in [0.05, 0.1) is 18.4 Å². The zero-order chi connectivity index (χ0) is 23.0. The van der Waals surface area contributed by atoms with Crippen LogP contribution in [0.3, 0.4) is 0 Å². The van der Waals surface area contributed by atoms with E-state index in [1.165, 1.54) is 0 Å². The molecule has 0 spiro atoms. The molecule has 4 rings (SSSR count). The molecule has 0 saturated heterocycles. The van der Waals surface area contributed by atoms with Crippen LogP contribution in [0.2, 0.25) is 0 Å². The first-order chi connectivity index (χ1) is 16.2. The molecule has 168 valence electrons. The molecule has 5 heteroatoms. The van der Waals surface area contributed by atoms with Crippen molar-refractivity contribution < 1.29 is 9.09 Å². The van der Waals surface area contributed by atoms with Crippen LogP contribution in [0.15, 0.2) is 121 Å². The Morgan fingerprint density at radius 2 is 1.06 bits per heavy atom. The quantitative estimate of drug-likeness (QED) is 0.164. The number of benzene rings is 4. The Bertz CT molecular complexity index is 1080. The second-order valence-corrected chi connectivity index (χ2v) is 10.5. The average molecular weight is 476 g/mol. The largest absolute Gasteiger partial charge is 0.323 e. The first-order valence-corrected chi connectivity index (χ1v) is 13.3. The SMILES string of the molecule is O=P(CNC(c1ccccc1)(c1ccccc1)c1ccccc1)(OCCCl)c1ccccc1. The molecule has 0 aliphatic heterocycles. The van der Waals surface area contributed by atoms with Crippen LogP contribution in [-0.2, 0) is 14.6 Å². The molecule has 3 nitrogen and oxygen atoms in total. The molecule has 33 heavy (non-hydrogen) atoms. The van der Waals surface area contributed by atoms with Gasteiger partial charge in [-0.05, 0) is 28.8 Å². The molecule has 4 aromatic carbocycles. The predicted octanol–water partition coefficient (Wildman–Crippen LogP) is 6.38. The van der Waals surface area contributed by atoms with Gasteiger partial charge in [-0.15, -0.1) is 11.6 Å². The Labute approximate surface area is 200 Å². The second kappa shape index (κ2) is 11.0. The van der Waals surface area contributed by atoms with Gasteiger partial charge in [0.1, 0.15) is 0 Å². The smallest absolute Gasteiger partial charge is 0.245 e. The van der Waals surface area contributed by atoms with Gasteiger partial charge in [0.25, 0.3) is 0 Å². The van der Waals surface area contributed by atoms with E-state index in [9.17, 15) is 4.57 Å². The summed E-state index contributed by atoms with van der Waals surface area (Å²) in [4.78, 5) is 0. The number of hydrogen-bond donors (Lipinski definition) is 1. The summed E-state index contributed by atoms with van der Waals surface area (Å²) in [5.74, 6) is 0.276. The van der Waals surface area contributed by atoms with Crippen LogP contribution in [0.1, 0.15) is 16.7 Å². The summed E-state index contributed by atoms with van der Waals surface area (Å²) in [5, 5.41) is 4.37. The highest BCUT2D eigenvalue weighted by atomic mass is 35.5. The van der Waals surface area contributed by atoms with Crippen molar-refractivity contribution >= 4 is 24.3 Å². The molecule has 0 bridgehead atoms. The van der Waals surface area contributed by atoms with E-state index in [1.54, 1.807) is 0 Å². The second-order valence-electron chi connectivity index (χ2n) is 7.71. The summed E-state index contributed by atoms with van der Waals surface area (Å²) in [6.45, 7) is 0.213. The molecule has 0 amide bonds. The van der Waals surface area contributed by atoms with Gasteiger partial charge in [-0.3, -0.25) is 9.88 Å². The molecule has 4 aromatic rings. The summed E-state index contributed by atoms with van der Waals surface area (Å²) in [7, 11) is -3.24. The summed E-state index contributed by atoms with van der Waals surface area (Å²) >= 11 is 5.91. The molecular weight excluding hydrogens is 449 g/mol. The summed E-state index contributed by atoms with van der Waals surface area (Å²) in [6, 6.07) is 40.1. The Morgan fingerprint density at radius 3 is 1.45 bits per heavy atom. The number of nitrogens with one attached hydrogen (secondary N) is 1. The molecule has 0 saturated carbocycles. The Morgan fingerprint density at radius 1 is 0.667 bits per heavy atom. The number of halogens is 1. The highest BCUT2D eigenvalue weighted by Gasteiger charge is 2.39. The van der Waals surface area contributed by atoms with Gasteiger partial charge >= 0.3 is 0 Å². The van der Waals surface area contributed by atoms with Crippen molar-refractivity contribution in [1.29, 1.82) is 0 Å². The third-order valence-corrected chi connectivity index (χ3v) is 8.11. The Hall–Kier alpha value is -2.68. The standard InChI is InChI=1S/C28H27ClNO2P/c29-21-22-32-33(31,27-19-11-4-12-20-27)23-30-28(24-13-5-1-6-14-24,25-15-7-2-8-16-25)26-17-9-3-10-18-26/h1-20,30H,21-23H2. The maximum Gasteiger partial charge on any atom is 0.245 e. The molecule has 0 fully saturated rings. The zero-order valence-electron chi connectivity index (χ0n) is 18.3. The molecule has 0 radical (unpaired) electrons. The molecule has 1 unspecified atom stereocenters. The lowest BCUT2D eigenvalue weighted by molar-refractivity contribution is 0.336. The summed E-state index contributed by atoms with van der Waals surface area (Å²) in [5.41, 5.74) is 2.44.